The van der Waals surface area contributed by atoms with Crippen LogP contribution >= 0.6 is 0 Å². The van der Waals surface area contributed by atoms with Crippen LogP contribution in [-0.2, 0) is 17.6 Å². The maximum absolute atomic E-state index is 12.5. The molecule has 1 amide bonds. The van der Waals surface area contributed by atoms with Crippen LogP contribution in [0.4, 0.5) is 5.69 Å². The Labute approximate surface area is 216 Å². The lowest BCUT2D eigenvalue weighted by atomic mass is 10.0. The first-order valence-electron chi connectivity index (χ1n) is 12.8. The number of anilines is 1. The molecule has 1 heterocycles. The molecule has 37 heavy (non-hydrogen) atoms. The number of aromatic nitrogens is 1. The van der Waals surface area contributed by atoms with E-state index in [0.717, 1.165) is 48.0 Å². The number of benzene rings is 3. The van der Waals surface area contributed by atoms with E-state index in [-0.39, 0.29) is 25.2 Å². The van der Waals surface area contributed by atoms with Gasteiger partial charge in [-0.3, -0.25) is 4.79 Å². The Bertz CT molecular complexity index is 1320. The van der Waals surface area contributed by atoms with Gasteiger partial charge in [-0.15, -0.1) is 0 Å². The summed E-state index contributed by atoms with van der Waals surface area (Å²) in [7, 11) is 0. The highest BCUT2D eigenvalue weighted by atomic mass is 16.5. The first-order valence-corrected chi connectivity index (χ1v) is 12.8. The number of para-hydroxylation sites is 1. The Morgan fingerprint density at radius 3 is 2.78 bits per heavy atom. The number of fused-ring (bicyclic) bond motifs is 2. The molecule has 2 atom stereocenters. The van der Waals surface area contributed by atoms with Gasteiger partial charge >= 0.3 is 0 Å². The number of rotatable bonds is 10. The molecule has 1 aliphatic carbocycles. The van der Waals surface area contributed by atoms with Crippen LogP contribution in [0.2, 0.25) is 0 Å². The molecule has 1 unspecified atom stereocenters. The summed E-state index contributed by atoms with van der Waals surface area (Å²) >= 11 is 0. The second-order valence-electron chi connectivity index (χ2n) is 9.53. The molecule has 0 bridgehead atoms. The van der Waals surface area contributed by atoms with E-state index in [1.165, 1.54) is 11.1 Å². The van der Waals surface area contributed by atoms with E-state index in [2.05, 4.69) is 21.7 Å². The molecule has 0 radical (unpaired) electrons. The maximum atomic E-state index is 12.5. The minimum atomic E-state index is -0.589. The Balaban J connectivity index is 1.11. The number of H-pyrrole nitrogens is 1. The smallest absolute Gasteiger partial charge is 0.262 e. The number of aliphatic hydroxyl groups excluding tert-OH is 1. The second-order valence-corrected chi connectivity index (χ2v) is 9.53. The van der Waals surface area contributed by atoms with E-state index in [4.69, 9.17) is 9.47 Å². The lowest BCUT2D eigenvalue weighted by Crippen LogP contribution is -2.39. The molecule has 0 saturated carbocycles. The molecule has 0 aliphatic heterocycles. The number of hydrogen-bond acceptors (Lipinski definition) is 5. The molecule has 192 valence electrons. The van der Waals surface area contributed by atoms with Crippen LogP contribution in [0, 0.1) is 0 Å². The summed E-state index contributed by atoms with van der Waals surface area (Å²) in [5, 5.41) is 17.8. The Morgan fingerprint density at radius 1 is 1.00 bits per heavy atom. The molecule has 7 heteroatoms. The zero-order valence-corrected chi connectivity index (χ0v) is 20.8. The van der Waals surface area contributed by atoms with Crippen LogP contribution in [0.25, 0.3) is 10.9 Å². The summed E-state index contributed by atoms with van der Waals surface area (Å²) in [5.74, 6) is 1.25. The van der Waals surface area contributed by atoms with Gasteiger partial charge in [0.25, 0.3) is 5.91 Å². The van der Waals surface area contributed by atoms with Crippen molar-refractivity contribution in [3.8, 4) is 11.5 Å². The first-order chi connectivity index (χ1) is 18.1. The number of carbonyl (C=O) groups is 1. The van der Waals surface area contributed by atoms with Gasteiger partial charge in [0, 0.05) is 35.4 Å². The van der Waals surface area contributed by atoms with E-state index in [1.807, 2.05) is 72.9 Å². The third-order valence-electron chi connectivity index (χ3n) is 6.68. The lowest BCUT2D eigenvalue weighted by molar-refractivity contribution is -0.118. The number of aryl methyl sites for hydroxylation is 1. The highest BCUT2D eigenvalue weighted by Gasteiger charge is 2.18. The monoisotopic (exact) mass is 499 g/mol. The summed E-state index contributed by atoms with van der Waals surface area (Å²) in [6, 6.07) is 23.6. The fourth-order valence-corrected chi connectivity index (χ4v) is 4.75. The van der Waals surface area contributed by atoms with Crippen LogP contribution < -0.4 is 20.1 Å². The Kier molecular flexibility index (Phi) is 8.03. The SMILES string of the molecule is O=C(COc1ccc2c(c1)CC(NC[C@H](O)COc1ccccc1)CCC2)Nc1ccc2[nH]ccc2c1. The van der Waals surface area contributed by atoms with Crippen LogP contribution in [0.3, 0.4) is 0 Å². The van der Waals surface area contributed by atoms with Crippen LogP contribution in [-0.4, -0.2) is 47.9 Å². The van der Waals surface area contributed by atoms with Crippen molar-refractivity contribution in [2.24, 2.45) is 0 Å². The van der Waals surface area contributed by atoms with Gasteiger partial charge in [-0.25, -0.2) is 0 Å². The van der Waals surface area contributed by atoms with E-state index < -0.39 is 6.10 Å². The predicted molar refractivity (Wildman–Crippen MR) is 145 cm³/mol. The minimum Gasteiger partial charge on any atom is -0.491 e. The third-order valence-corrected chi connectivity index (χ3v) is 6.68. The Hall–Kier alpha value is -3.81. The highest BCUT2D eigenvalue weighted by molar-refractivity contribution is 5.94. The zero-order chi connectivity index (χ0) is 25.5. The molecule has 3 aromatic carbocycles. The van der Waals surface area contributed by atoms with Crippen molar-refractivity contribution in [1.29, 1.82) is 0 Å². The molecule has 1 aromatic heterocycles. The van der Waals surface area contributed by atoms with Crippen LogP contribution in [0.1, 0.15) is 24.0 Å². The Morgan fingerprint density at radius 2 is 1.89 bits per heavy atom. The van der Waals surface area contributed by atoms with Crippen molar-refractivity contribution >= 4 is 22.5 Å². The number of aliphatic hydroxyl groups is 1. The van der Waals surface area contributed by atoms with Crippen molar-refractivity contribution < 1.29 is 19.4 Å². The van der Waals surface area contributed by atoms with Crippen LogP contribution in [0.5, 0.6) is 11.5 Å². The van der Waals surface area contributed by atoms with Crippen molar-refractivity contribution in [1.82, 2.24) is 10.3 Å². The normalized spacial score (nSPS) is 16.0. The number of aromatic amines is 1. The maximum Gasteiger partial charge on any atom is 0.262 e. The van der Waals surface area contributed by atoms with Gasteiger partial charge in [0.2, 0.25) is 0 Å². The third kappa shape index (κ3) is 6.90. The molecule has 0 saturated heterocycles. The number of nitrogens with one attached hydrogen (secondary N) is 3. The second kappa shape index (κ2) is 12.0. The fourth-order valence-electron chi connectivity index (χ4n) is 4.75. The first kappa shape index (κ1) is 24.9. The zero-order valence-electron chi connectivity index (χ0n) is 20.8. The molecule has 0 spiro atoms. The quantitative estimate of drug-likeness (QED) is 0.242. The molecule has 0 fully saturated rings. The highest BCUT2D eigenvalue weighted by Crippen LogP contribution is 2.25. The van der Waals surface area contributed by atoms with Crippen molar-refractivity contribution in [3.05, 3.63) is 90.1 Å². The van der Waals surface area contributed by atoms with Gasteiger partial charge in [-0.05, 0) is 85.3 Å². The van der Waals surface area contributed by atoms with Gasteiger partial charge in [0.05, 0.1) is 0 Å². The van der Waals surface area contributed by atoms with E-state index in [0.29, 0.717) is 12.3 Å². The van der Waals surface area contributed by atoms with Gasteiger partial charge in [0.15, 0.2) is 6.61 Å². The van der Waals surface area contributed by atoms with E-state index in [1.54, 1.807) is 0 Å². The van der Waals surface area contributed by atoms with Gasteiger partial charge in [0.1, 0.15) is 24.2 Å². The minimum absolute atomic E-state index is 0.0563. The van der Waals surface area contributed by atoms with E-state index in [9.17, 15) is 9.90 Å². The van der Waals surface area contributed by atoms with Crippen molar-refractivity contribution in [3.63, 3.8) is 0 Å². The van der Waals surface area contributed by atoms with Gasteiger partial charge in [-0.2, -0.15) is 0 Å². The predicted octanol–water partition coefficient (Wildman–Crippen LogP) is 4.46. The molecule has 1 aliphatic rings. The van der Waals surface area contributed by atoms with Crippen molar-refractivity contribution in [2.45, 2.75) is 37.8 Å². The molecule has 5 rings (SSSR count). The molecule has 4 aromatic rings. The molecule has 7 nitrogen and oxygen atoms in total. The van der Waals surface area contributed by atoms with Gasteiger partial charge < -0.3 is 30.2 Å². The summed E-state index contributed by atoms with van der Waals surface area (Å²) in [6.07, 6.45) is 5.26. The van der Waals surface area contributed by atoms with Crippen LogP contribution in [0.15, 0.2) is 79.0 Å². The summed E-state index contributed by atoms with van der Waals surface area (Å²) in [5.41, 5.74) is 4.31. The number of hydrogen-bond donors (Lipinski definition) is 4. The standard InChI is InChI=1S/C30H33N3O4/c34-26(19-36-27-7-2-1-3-8-27)18-32-24-6-4-5-21-9-11-28(17-23(21)16-24)37-20-30(35)33-25-10-12-29-22(15-25)13-14-31-29/h1-3,7-15,17,24,26,31-32,34H,4-6,16,18-20H2,(H,33,35)/t24?,26-/m0/s1. The largest absolute Gasteiger partial charge is 0.491 e. The summed E-state index contributed by atoms with van der Waals surface area (Å²) in [6.45, 7) is 0.663. The van der Waals surface area contributed by atoms with Crippen molar-refractivity contribution in [2.75, 3.05) is 25.1 Å². The number of ether oxygens (including phenoxy) is 2. The molecular weight excluding hydrogens is 466 g/mol. The average molecular weight is 500 g/mol. The number of amides is 1. The average Bonchev–Trinajstić information content (AvgIpc) is 3.29. The fraction of sp³-hybridized carbons (Fsp3) is 0.300. The lowest BCUT2D eigenvalue weighted by Gasteiger charge is -2.20. The number of carbonyl (C=O) groups excluding carboxylic acids is 1. The summed E-state index contributed by atoms with van der Waals surface area (Å²) < 4.78 is 11.5. The summed E-state index contributed by atoms with van der Waals surface area (Å²) in [4.78, 5) is 15.6. The topological polar surface area (TPSA) is 95.6 Å². The molecule has 4 N–H and O–H groups in total. The van der Waals surface area contributed by atoms with Gasteiger partial charge in [-0.1, -0.05) is 24.3 Å². The molecular formula is C30H33N3O4. The van der Waals surface area contributed by atoms with E-state index >= 15 is 0 Å².